The number of benzene rings is 1. The average Bonchev–Trinajstić information content (AvgIpc) is 2.35. The zero-order chi connectivity index (χ0) is 12.3. The van der Waals surface area contributed by atoms with Crippen LogP contribution in [0.5, 0.6) is 0 Å². The van der Waals surface area contributed by atoms with E-state index in [4.69, 9.17) is 5.11 Å². The Hall–Kier alpha value is -1.17. The highest BCUT2D eigenvalue weighted by atomic mass is 79.9. The molecule has 1 aromatic heterocycles. The van der Waals surface area contributed by atoms with E-state index in [0.717, 1.165) is 21.1 Å². The Labute approximate surface area is 107 Å². The number of hydrogen-bond donors (Lipinski definition) is 3. The summed E-state index contributed by atoms with van der Waals surface area (Å²) in [6, 6.07) is 7.67. The summed E-state index contributed by atoms with van der Waals surface area (Å²) in [6.07, 6.45) is 0.953. The van der Waals surface area contributed by atoms with Crippen LogP contribution in [-0.4, -0.2) is 34.5 Å². The van der Waals surface area contributed by atoms with Crippen LogP contribution in [0.15, 0.2) is 34.9 Å². The molecule has 0 fully saturated rings. The molecule has 4 nitrogen and oxygen atoms in total. The molecule has 1 aromatic carbocycles. The van der Waals surface area contributed by atoms with Crippen molar-refractivity contribution < 1.29 is 10.2 Å². The summed E-state index contributed by atoms with van der Waals surface area (Å²) in [5, 5.41) is 22.1. The zero-order valence-corrected chi connectivity index (χ0v) is 10.7. The van der Waals surface area contributed by atoms with Crippen LogP contribution in [0.4, 0.5) is 5.69 Å². The summed E-state index contributed by atoms with van der Waals surface area (Å²) in [5.74, 6) is 0. The first kappa shape index (κ1) is 12.3. The smallest absolute Gasteiger partial charge is 0.0942 e. The van der Waals surface area contributed by atoms with Gasteiger partial charge < -0.3 is 15.5 Å². The highest BCUT2D eigenvalue weighted by Gasteiger charge is 2.05. The van der Waals surface area contributed by atoms with Gasteiger partial charge >= 0.3 is 0 Å². The fraction of sp³-hybridized carbons (Fsp3) is 0.250. The first-order valence-electron chi connectivity index (χ1n) is 5.28. The fourth-order valence-electron chi connectivity index (χ4n) is 1.56. The number of nitrogens with zero attached hydrogens (tertiary/aromatic N) is 1. The fourth-order valence-corrected chi connectivity index (χ4v) is 1.93. The number of aliphatic hydroxyl groups is 2. The molecular formula is C12H13BrN2O2. The van der Waals surface area contributed by atoms with Crippen LogP contribution < -0.4 is 5.32 Å². The zero-order valence-electron chi connectivity index (χ0n) is 9.10. The highest BCUT2D eigenvalue weighted by Crippen LogP contribution is 2.24. The molecular weight excluding hydrogens is 284 g/mol. The van der Waals surface area contributed by atoms with Crippen molar-refractivity contribution in [3.8, 4) is 0 Å². The van der Waals surface area contributed by atoms with Crippen molar-refractivity contribution in [2.75, 3.05) is 18.5 Å². The number of hydrogen-bond acceptors (Lipinski definition) is 4. The summed E-state index contributed by atoms with van der Waals surface area (Å²) in [5.41, 5.74) is 1.78. The number of nitrogens with one attached hydrogen (secondary N) is 1. The lowest BCUT2D eigenvalue weighted by Gasteiger charge is -2.12. The van der Waals surface area contributed by atoms with Crippen molar-refractivity contribution in [1.82, 2.24) is 4.98 Å². The van der Waals surface area contributed by atoms with Crippen LogP contribution in [0.25, 0.3) is 10.9 Å². The van der Waals surface area contributed by atoms with Crippen molar-refractivity contribution >= 4 is 32.5 Å². The third kappa shape index (κ3) is 2.94. The molecule has 5 heteroatoms. The van der Waals surface area contributed by atoms with Crippen molar-refractivity contribution in [2.24, 2.45) is 0 Å². The number of halogens is 1. The van der Waals surface area contributed by atoms with Gasteiger partial charge in [0.25, 0.3) is 0 Å². The molecule has 0 radical (unpaired) electrons. The van der Waals surface area contributed by atoms with Gasteiger partial charge in [0.2, 0.25) is 0 Å². The molecule has 2 aromatic rings. The first-order chi connectivity index (χ1) is 8.20. The average molecular weight is 297 g/mol. The molecule has 90 valence electrons. The van der Waals surface area contributed by atoms with E-state index in [9.17, 15) is 5.11 Å². The number of rotatable bonds is 4. The van der Waals surface area contributed by atoms with Crippen LogP contribution in [-0.2, 0) is 0 Å². The molecule has 0 saturated heterocycles. The Morgan fingerprint density at radius 1 is 1.35 bits per heavy atom. The SMILES string of the molecule is OC[C@@H](O)CNc1ccnc2ccc(Br)cc12. The van der Waals surface area contributed by atoms with Crippen molar-refractivity contribution in [3.05, 3.63) is 34.9 Å². The third-order valence-corrected chi connectivity index (χ3v) is 2.94. The van der Waals surface area contributed by atoms with Gasteiger partial charge in [-0.15, -0.1) is 0 Å². The van der Waals surface area contributed by atoms with Gasteiger partial charge in [-0.2, -0.15) is 0 Å². The summed E-state index contributed by atoms with van der Waals surface area (Å²) in [7, 11) is 0. The quantitative estimate of drug-likeness (QED) is 0.804. The van der Waals surface area contributed by atoms with Gasteiger partial charge in [0.05, 0.1) is 18.2 Å². The van der Waals surface area contributed by atoms with Crippen LogP contribution in [0.2, 0.25) is 0 Å². The van der Waals surface area contributed by atoms with Gasteiger partial charge in [0.15, 0.2) is 0 Å². The molecule has 0 unspecified atom stereocenters. The lowest BCUT2D eigenvalue weighted by atomic mass is 10.2. The van der Waals surface area contributed by atoms with E-state index < -0.39 is 6.10 Å². The molecule has 17 heavy (non-hydrogen) atoms. The molecule has 1 atom stereocenters. The van der Waals surface area contributed by atoms with Gasteiger partial charge in [-0.25, -0.2) is 0 Å². The summed E-state index contributed by atoms with van der Waals surface area (Å²) in [4.78, 5) is 4.26. The topological polar surface area (TPSA) is 65.4 Å². The first-order valence-corrected chi connectivity index (χ1v) is 6.07. The molecule has 0 aliphatic heterocycles. The van der Waals surface area contributed by atoms with E-state index >= 15 is 0 Å². The molecule has 3 N–H and O–H groups in total. The number of fused-ring (bicyclic) bond motifs is 1. The maximum absolute atomic E-state index is 9.31. The minimum absolute atomic E-state index is 0.250. The maximum Gasteiger partial charge on any atom is 0.0942 e. The minimum Gasteiger partial charge on any atom is -0.394 e. The number of anilines is 1. The van der Waals surface area contributed by atoms with Gasteiger partial charge in [-0.3, -0.25) is 4.98 Å². The molecule has 2 rings (SSSR count). The van der Waals surface area contributed by atoms with Crippen molar-refractivity contribution in [2.45, 2.75) is 6.10 Å². The Bertz CT molecular complexity index is 519. The standard InChI is InChI=1S/C12H13BrN2O2/c13-8-1-2-11-10(5-8)12(3-4-14-11)15-6-9(17)7-16/h1-5,9,16-17H,6-7H2,(H,14,15)/t9-/m0/s1. The monoisotopic (exact) mass is 296 g/mol. The molecule has 0 saturated carbocycles. The second-order valence-corrected chi connectivity index (χ2v) is 4.65. The molecule has 0 amide bonds. The normalized spacial score (nSPS) is 12.6. The predicted octanol–water partition coefficient (Wildman–Crippen LogP) is 1.76. The van der Waals surface area contributed by atoms with Gasteiger partial charge in [-0.05, 0) is 24.3 Å². The van der Waals surface area contributed by atoms with E-state index in [2.05, 4.69) is 26.2 Å². The Balaban J connectivity index is 2.30. The van der Waals surface area contributed by atoms with Crippen molar-refractivity contribution in [3.63, 3.8) is 0 Å². The maximum atomic E-state index is 9.31. The van der Waals surface area contributed by atoms with Crippen molar-refractivity contribution in [1.29, 1.82) is 0 Å². The van der Waals surface area contributed by atoms with E-state index in [0.29, 0.717) is 6.54 Å². The molecule has 0 bridgehead atoms. The molecule has 0 spiro atoms. The summed E-state index contributed by atoms with van der Waals surface area (Å²) < 4.78 is 0.976. The lowest BCUT2D eigenvalue weighted by molar-refractivity contribution is 0.105. The second-order valence-electron chi connectivity index (χ2n) is 3.74. The van der Waals surface area contributed by atoms with Gasteiger partial charge in [0.1, 0.15) is 0 Å². The van der Waals surface area contributed by atoms with Gasteiger partial charge in [-0.1, -0.05) is 15.9 Å². The predicted molar refractivity (Wildman–Crippen MR) is 71.0 cm³/mol. The Morgan fingerprint density at radius 3 is 2.94 bits per heavy atom. The largest absolute Gasteiger partial charge is 0.394 e. The number of pyridine rings is 1. The minimum atomic E-state index is -0.759. The van der Waals surface area contributed by atoms with Crippen LogP contribution in [0.3, 0.4) is 0 Å². The number of aromatic nitrogens is 1. The van der Waals surface area contributed by atoms with E-state index in [1.165, 1.54) is 0 Å². The lowest BCUT2D eigenvalue weighted by Crippen LogP contribution is -2.23. The van der Waals surface area contributed by atoms with E-state index in [1.807, 2.05) is 24.3 Å². The summed E-state index contributed by atoms with van der Waals surface area (Å²) >= 11 is 3.42. The van der Waals surface area contributed by atoms with E-state index in [-0.39, 0.29) is 6.61 Å². The van der Waals surface area contributed by atoms with Crippen LogP contribution in [0, 0.1) is 0 Å². The molecule has 1 heterocycles. The van der Waals surface area contributed by atoms with Crippen LogP contribution >= 0.6 is 15.9 Å². The molecule has 0 aliphatic carbocycles. The summed E-state index contributed by atoms with van der Waals surface area (Å²) in [6.45, 7) is 0.0574. The van der Waals surface area contributed by atoms with Gasteiger partial charge in [0, 0.05) is 28.3 Å². The number of aliphatic hydroxyl groups excluding tert-OH is 2. The van der Waals surface area contributed by atoms with E-state index in [1.54, 1.807) is 6.20 Å². The highest BCUT2D eigenvalue weighted by molar-refractivity contribution is 9.10. The van der Waals surface area contributed by atoms with Crippen LogP contribution in [0.1, 0.15) is 0 Å². The Morgan fingerprint density at radius 2 is 2.18 bits per heavy atom. The second kappa shape index (κ2) is 5.44. The third-order valence-electron chi connectivity index (χ3n) is 2.44. The Kier molecular flexibility index (Phi) is 3.93. The molecule has 0 aliphatic rings.